The molecular formula is C22H24ClF2N7O2. The van der Waals surface area contributed by atoms with Gasteiger partial charge < -0.3 is 21.5 Å². The fraction of sp³-hybridized carbons (Fsp3) is 0.455. The summed E-state index contributed by atoms with van der Waals surface area (Å²) in [5, 5.41) is 15.5. The first-order chi connectivity index (χ1) is 16.3. The predicted octanol–water partition coefficient (Wildman–Crippen LogP) is 3.65. The molecule has 0 atom stereocenters. The van der Waals surface area contributed by atoms with Gasteiger partial charge in [0, 0.05) is 24.1 Å². The van der Waals surface area contributed by atoms with Gasteiger partial charge in [-0.1, -0.05) is 11.6 Å². The van der Waals surface area contributed by atoms with Crippen LogP contribution in [0, 0.1) is 17.6 Å². The minimum atomic E-state index is -0.849. The SMILES string of the molecule is NC(=O)C1CCC(n2c(Nc3c(F)cc(F)cc3Cl)nc3cnc(NC4CC(O)C4)nc32)CC1. The molecule has 0 saturated heterocycles. The highest BCUT2D eigenvalue weighted by atomic mass is 35.5. The van der Waals surface area contributed by atoms with E-state index in [-0.39, 0.29) is 46.7 Å². The minimum Gasteiger partial charge on any atom is -0.393 e. The number of nitrogens with one attached hydrogen (secondary N) is 2. The molecule has 2 fully saturated rings. The zero-order chi connectivity index (χ0) is 24.0. The van der Waals surface area contributed by atoms with E-state index < -0.39 is 11.6 Å². The largest absolute Gasteiger partial charge is 0.393 e. The van der Waals surface area contributed by atoms with Crippen LogP contribution < -0.4 is 16.4 Å². The maximum Gasteiger partial charge on any atom is 0.224 e. The van der Waals surface area contributed by atoms with Gasteiger partial charge in [-0.2, -0.15) is 4.98 Å². The molecule has 0 aliphatic heterocycles. The number of aliphatic hydroxyl groups is 1. The standard InChI is InChI=1S/C22H24ClF2N7O2/c23-15-5-11(24)6-16(25)18(15)30-22-29-17-9-27-21(28-12-7-14(33)8-12)31-20(17)32(22)13-3-1-10(2-4-13)19(26)34/h5-6,9-10,12-14,33H,1-4,7-8H2,(H2,26,34)(H,29,30)(H,27,28,31). The lowest BCUT2D eigenvalue weighted by atomic mass is 9.85. The van der Waals surface area contributed by atoms with E-state index in [4.69, 9.17) is 17.3 Å². The van der Waals surface area contributed by atoms with Gasteiger partial charge in [0.05, 0.1) is 23.0 Å². The van der Waals surface area contributed by atoms with Crippen LogP contribution in [0.2, 0.25) is 5.02 Å². The van der Waals surface area contributed by atoms with Gasteiger partial charge in [-0.3, -0.25) is 9.36 Å². The second-order valence-corrected chi connectivity index (χ2v) is 9.36. The van der Waals surface area contributed by atoms with Crippen LogP contribution in [-0.2, 0) is 4.79 Å². The van der Waals surface area contributed by atoms with E-state index in [2.05, 4.69) is 25.6 Å². The van der Waals surface area contributed by atoms with Crippen molar-refractivity contribution in [2.75, 3.05) is 10.6 Å². The Morgan fingerprint density at radius 1 is 1.18 bits per heavy atom. The van der Waals surface area contributed by atoms with Gasteiger partial charge >= 0.3 is 0 Å². The van der Waals surface area contributed by atoms with Gasteiger partial charge in [0.15, 0.2) is 11.5 Å². The van der Waals surface area contributed by atoms with Gasteiger partial charge in [0.2, 0.25) is 17.8 Å². The van der Waals surface area contributed by atoms with Crippen LogP contribution in [0.5, 0.6) is 0 Å². The Hall–Kier alpha value is -3.05. The van der Waals surface area contributed by atoms with Crippen molar-refractivity contribution in [3.05, 3.63) is 35.0 Å². The second kappa shape index (κ2) is 8.95. The van der Waals surface area contributed by atoms with Crippen molar-refractivity contribution < 1.29 is 18.7 Å². The first-order valence-electron chi connectivity index (χ1n) is 11.2. The van der Waals surface area contributed by atoms with E-state index in [1.54, 1.807) is 6.20 Å². The highest BCUT2D eigenvalue weighted by molar-refractivity contribution is 6.33. The number of aliphatic hydroxyl groups excluding tert-OH is 1. The number of carbonyl (C=O) groups excluding carboxylic acids is 1. The van der Waals surface area contributed by atoms with Gasteiger partial charge in [0.1, 0.15) is 11.3 Å². The van der Waals surface area contributed by atoms with Crippen LogP contribution in [0.15, 0.2) is 18.3 Å². The molecule has 2 aliphatic carbocycles. The van der Waals surface area contributed by atoms with Gasteiger partial charge in [0.25, 0.3) is 0 Å². The number of nitrogens with two attached hydrogens (primary N) is 1. The van der Waals surface area contributed by atoms with E-state index in [0.717, 1.165) is 12.1 Å². The van der Waals surface area contributed by atoms with Crippen LogP contribution in [0.4, 0.5) is 26.4 Å². The van der Waals surface area contributed by atoms with Crippen LogP contribution in [0.3, 0.4) is 0 Å². The Labute approximate surface area is 198 Å². The number of nitrogens with zero attached hydrogens (tertiary/aromatic N) is 4. The summed E-state index contributed by atoms with van der Waals surface area (Å²) < 4.78 is 29.9. The molecule has 0 unspecified atom stereocenters. The molecule has 34 heavy (non-hydrogen) atoms. The smallest absolute Gasteiger partial charge is 0.224 e. The number of aromatic nitrogens is 4. The molecule has 2 aliphatic rings. The van der Waals surface area contributed by atoms with E-state index >= 15 is 0 Å². The highest BCUT2D eigenvalue weighted by Gasteiger charge is 2.31. The average Bonchev–Trinajstić information content (AvgIpc) is 3.12. The monoisotopic (exact) mass is 491 g/mol. The van der Waals surface area contributed by atoms with Gasteiger partial charge in [-0.15, -0.1) is 0 Å². The van der Waals surface area contributed by atoms with Crippen molar-refractivity contribution in [2.45, 2.75) is 56.7 Å². The summed E-state index contributed by atoms with van der Waals surface area (Å²) in [5.74, 6) is -1.45. The third-order valence-corrected chi connectivity index (χ3v) is 6.89. The fourth-order valence-corrected chi connectivity index (χ4v) is 4.92. The molecule has 12 heteroatoms. The van der Waals surface area contributed by atoms with Gasteiger partial charge in [-0.25, -0.2) is 18.7 Å². The number of anilines is 3. The number of halogens is 3. The van der Waals surface area contributed by atoms with Crippen LogP contribution in [0.1, 0.15) is 44.6 Å². The number of imidazole rings is 1. The molecule has 9 nitrogen and oxygen atoms in total. The Balaban J connectivity index is 1.52. The Kier molecular flexibility index (Phi) is 5.98. The van der Waals surface area contributed by atoms with E-state index in [1.807, 2.05) is 4.57 Å². The molecule has 3 aromatic rings. The summed E-state index contributed by atoms with van der Waals surface area (Å²) >= 11 is 6.10. The first kappa shape index (κ1) is 22.7. The minimum absolute atomic E-state index is 0.0829. The molecule has 2 saturated carbocycles. The summed E-state index contributed by atoms with van der Waals surface area (Å²) in [6, 6.07) is 1.76. The third-order valence-electron chi connectivity index (χ3n) is 6.59. The average molecular weight is 492 g/mol. The molecule has 2 heterocycles. The molecule has 180 valence electrons. The number of hydrogen-bond donors (Lipinski definition) is 4. The summed E-state index contributed by atoms with van der Waals surface area (Å²) in [4.78, 5) is 25.2. The third kappa shape index (κ3) is 4.37. The maximum absolute atomic E-state index is 14.5. The summed E-state index contributed by atoms with van der Waals surface area (Å²) in [5.41, 5.74) is 6.41. The Morgan fingerprint density at radius 3 is 2.56 bits per heavy atom. The van der Waals surface area contributed by atoms with Crippen LogP contribution in [-0.4, -0.2) is 42.7 Å². The lowest BCUT2D eigenvalue weighted by molar-refractivity contribution is -0.122. The van der Waals surface area contributed by atoms with E-state index in [1.165, 1.54) is 0 Å². The number of amides is 1. The number of primary amides is 1. The topological polar surface area (TPSA) is 131 Å². The van der Waals surface area contributed by atoms with Crippen molar-refractivity contribution in [3.8, 4) is 0 Å². The first-order valence-corrected chi connectivity index (χ1v) is 11.6. The van der Waals surface area contributed by atoms with Crippen molar-refractivity contribution in [3.63, 3.8) is 0 Å². The van der Waals surface area contributed by atoms with E-state index in [9.17, 15) is 18.7 Å². The van der Waals surface area contributed by atoms with Crippen LogP contribution in [0.25, 0.3) is 11.2 Å². The summed E-state index contributed by atoms with van der Waals surface area (Å²) in [6.45, 7) is 0. The van der Waals surface area contributed by atoms with Gasteiger partial charge in [-0.05, 0) is 44.6 Å². The molecule has 1 amide bonds. The molecule has 0 radical (unpaired) electrons. The zero-order valence-corrected chi connectivity index (χ0v) is 18.9. The van der Waals surface area contributed by atoms with Crippen molar-refractivity contribution in [1.29, 1.82) is 0 Å². The lowest BCUT2D eigenvalue weighted by Gasteiger charge is -2.32. The summed E-state index contributed by atoms with van der Waals surface area (Å²) in [6.07, 6.45) is 5.00. The molecular weight excluding hydrogens is 468 g/mol. The van der Waals surface area contributed by atoms with Crippen molar-refractivity contribution in [2.24, 2.45) is 11.7 Å². The Bertz CT molecular complexity index is 1220. The number of benzene rings is 1. The highest BCUT2D eigenvalue weighted by Crippen LogP contribution is 2.38. The molecule has 2 aromatic heterocycles. The number of carbonyl (C=O) groups is 1. The molecule has 5 N–H and O–H groups in total. The second-order valence-electron chi connectivity index (χ2n) is 8.95. The molecule has 0 bridgehead atoms. The predicted molar refractivity (Wildman–Crippen MR) is 123 cm³/mol. The summed E-state index contributed by atoms with van der Waals surface area (Å²) in [7, 11) is 0. The number of hydrogen-bond acceptors (Lipinski definition) is 7. The van der Waals surface area contributed by atoms with Crippen molar-refractivity contribution in [1.82, 2.24) is 19.5 Å². The molecule has 5 rings (SSSR count). The van der Waals surface area contributed by atoms with Crippen molar-refractivity contribution >= 4 is 46.3 Å². The fourth-order valence-electron chi connectivity index (χ4n) is 4.67. The normalized spacial score (nSPS) is 24.6. The lowest BCUT2D eigenvalue weighted by Crippen LogP contribution is -2.39. The molecule has 1 aromatic carbocycles. The maximum atomic E-state index is 14.5. The quantitative estimate of drug-likeness (QED) is 0.414. The Morgan fingerprint density at radius 2 is 1.91 bits per heavy atom. The number of fused-ring (bicyclic) bond motifs is 1. The molecule has 0 spiro atoms. The van der Waals surface area contributed by atoms with E-state index in [0.29, 0.717) is 55.6 Å². The zero-order valence-electron chi connectivity index (χ0n) is 18.1. The van der Waals surface area contributed by atoms with Crippen LogP contribution >= 0.6 is 11.6 Å². The number of rotatable bonds is 6.